The molecule has 0 fully saturated rings. The van der Waals surface area contributed by atoms with Gasteiger partial charge in [-0.3, -0.25) is 9.78 Å². The van der Waals surface area contributed by atoms with Gasteiger partial charge in [0.15, 0.2) is 0 Å². The second-order valence-corrected chi connectivity index (χ2v) is 4.94. The van der Waals surface area contributed by atoms with E-state index < -0.39 is 11.9 Å². The summed E-state index contributed by atoms with van der Waals surface area (Å²) in [4.78, 5) is 15.7. The zero-order valence-electron chi connectivity index (χ0n) is 10.6. The van der Waals surface area contributed by atoms with E-state index in [1.54, 1.807) is 6.20 Å². The SMILES string of the molecule is CC(C)CC(C(=O)O)c1nccc2ccccc12. The molecule has 94 valence electrons. The Labute approximate surface area is 106 Å². The van der Waals surface area contributed by atoms with Crippen molar-refractivity contribution in [2.75, 3.05) is 0 Å². The first-order valence-corrected chi connectivity index (χ1v) is 6.16. The molecule has 0 saturated heterocycles. The van der Waals surface area contributed by atoms with Crippen LogP contribution in [0.25, 0.3) is 10.8 Å². The van der Waals surface area contributed by atoms with E-state index in [-0.39, 0.29) is 0 Å². The number of carbonyl (C=O) groups is 1. The molecule has 1 atom stereocenters. The van der Waals surface area contributed by atoms with E-state index in [9.17, 15) is 9.90 Å². The summed E-state index contributed by atoms with van der Waals surface area (Å²) in [5.41, 5.74) is 0.675. The maximum absolute atomic E-state index is 11.4. The highest BCUT2D eigenvalue weighted by molar-refractivity contribution is 5.89. The lowest BCUT2D eigenvalue weighted by molar-refractivity contribution is -0.139. The first kappa shape index (κ1) is 12.6. The smallest absolute Gasteiger partial charge is 0.312 e. The van der Waals surface area contributed by atoms with Crippen LogP contribution in [-0.4, -0.2) is 16.1 Å². The number of nitrogens with zero attached hydrogens (tertiary/aromatic N) is 1. The van der Waals surface area contributed by atoms with Crippen molar-refractivity contribution in [1.29, 1.82) is 0 Å². The van der Waals surface area contributed by atoms with Crippen LogP contribution in [0.3, 0.4) is 0 Å². The Bertz CT molecular complexity index is 558. The van der Waals surface area contributed by atoms with Crippen LogP contribution < -0.4 is 0 Å². The van der Waals surface area contributed by atoms with E-state index in [0.29, 0.717) is 18.0 Å². The number of fused-ring (bicyclic) bond motifs is 1. The van der Waals surface area contributed by atoms with E-state index in [1.807, 2.05) is 44.2 Å². The number of hydrogen-bond donors (Lipinski definition) is 1. The van der Waals surface area contributed by atoms with Crippen LogP contribution >= 0.6 is 0 Å². The summed E-state index contributed by atoms with van der Waals surface area (Å²) < 4.78 is 0. The zero-order chi connectivity index (χ0) is 13.1. The van der Waals surface area contributed by atoms with E-state index in [2.05, 4.69) is 4.98 Å². The third-order valence-corrected chi connectivity index (χ3v) is 3.04. The first-order chi connectivity index (χ1) is 8.59. The van der Waals surface area contributed by atoms with Crippen molar-refractivity contribution in [2.24, 2.45) is 5.92 Å². The molecule has 1 unspecified atom stereocenters. The molecule has 2 rings (SSSR count). The summed E-state index contributed by atoms with van der Waals surface area (Å²) in [6.45, 7) is 4.06. The van der Waals surface area contributed by atoms with Gasteiger partial charge in [-0.05, 0) is 23.8 Å². The maximum atomic E-state index is 11.4. The lowest BCUT2D eigenvalue weighted by Gasteiger charge is -2.16. The molecule has 18 heavy (non-hydrogen) atoms. The molecule has 1 aromatic heterocycles. The van der Waals surface area contributed by atoms with Crippen molar-refractivity contribution in [3.05, 3.63) is 42.2 Å². The third-order valence-electron chi connectivity index (χ3n) is 3.04. The Morgan fingerprint density at radius 3 is 2.67 bits per heavy atom. The lowest BCUT2D eigenvalue weighted by Crippen LogP contribution is -2.15. The highest BCUT2D eigenvalue weighted by Gasteiger charge is 2.24. The van der Waals surface area contributed by atoms with E-state index in [0.717, 1.165) is 10.8 Å². The minimum Gasteiger partial charge on any atom is -0.481 e. The fourth-order valence-electron chi connectivity index (χ4n) is 2.22. The van der Waals surface area contributed by atoms with Crippen molar-refractivity contribution < 1.29 is 9.90 Å². The molecular weight excluding hydrogens is 226 g/mol. The minimum absolute atomic E-state index is 0.326. The number of hydrogen-bond acceptors (Lipinski definition) is 2. The number of aliphatic carboxylic acids is 1. The Kier molecular flexibility index (Phi) is 3.60. The van der Waals surface area contributed by atoms with Crippen LogP contribution in [0, 0.1) is 5.92 Å². The molecule has 0 bridgehead atoms. The fourth-order valence-corrected chi connectivity index (χ4v) is 2.22. The predicted molar refractivity (Wildman–Crippen MR) is 71.6 cm³/mol. The largest absolute Gasteiger partial charge is 0.481 e. The van der Waals surface area contributed by atoms with Crippen LogP contribution in [0.2, 0.25) is 0 Å². The van der Waals surface area contributed by atoms with Gasteiger partial charge in [-0.2, -0.15) is 0 Å². The molecule has 0 aliphatic carbocycles. The Morgan fingerprint density at radius 2 is 2.00 bits per heavy atom. The summed E-state index contributed by atoms with van der Waals surface area (Å²) in [5.74, 6) is -1.00. The molecule has 2 aromatic rings. The van der Waals surface area contributed by atoms with Crippen molar-refractivity contribution in [2.45, 2.75) is 26.2 Å². The second-order valence-electron chi connectivity index (χ2n) is 4.94. The first-order valence-electron chi connectivity index (χ1n) is 6.16. The molecule has 1 N–H and O–H groups in total. The van der Waals surface area contributed by atoms with Gasteiger partial charge < -0.3 is 5.11 Å². The summed E-state index contributed by atoms with van der Waals surface area (Å²) >= 11 is 0. The number of rotatable bonds is 4. The summed E-state index contributed by atoms with van der Waals surface area (Å²) in [6, 6.07) is 9.70. The normalized spacial score (nSPS) is 12.8. The number of carboxylic acids is 1. The van der Waals surface area contributed by atoms with Crippen LogP contribution in [0.4, 0.5) is 0 Å². The van der Waals surface area contributed by atoms with Gasteiger partial charge in [0.05, 0.1) is 11.6 Å². The molecule has 1 heterocycles. The number of benzene rings is 1. The van der Waals surface area contributed by atoms with Gasteiger partial charge in [-0.1, -0.05) is 38.1 Å². The van der Waals surface area contributed by atoms with Gasteiger partial charge in [-0.15, -0.1) is 0 Å². The Hall–Kier alpha value is -1.90. The zero-order valence-corrected chi connectivity index (χ0v) is 10.6. The predicted octanol–water partition coefficient (Wildman–Crippen LogP) is 3.45. The van der Waals surface area contributed by atoms with Gasteiger partial charge in [0.1, 0.15) is 0 Å². The van der Waals surface area contributed by atoms with Gasteiger partial charge in [0.25, 0.3) is 0 Å². The van der Waals surface area contributed by atoms with Gasteiger partial charge >= 0.3 is 5.97 Å². The van der Waals surface area contributed by atoms with E-state index >= 15 is 0 Å². The van der Waals surface area contributed by atoms with Crippen molar-refractivity contribution in [3.8, 4) is 0 Å². The summed E-state index contributed by atoms with van der Waals surface area (Å²) in [5, 5.41) is 11.4. The minimum atomic E-state index is -0.799. The number of aromatic nitrogens is 1. The maximum Gasteiger partial charge on any atom is 0.312 e. The molecule has 0 saturated carbocycles. The molecule has 3 heteroatoms. The molecule has 0 amide bonds. The molecular formula is C15H17NO2. The number of pyridine rings is 1. The monoisotopic (exact) mass is 243 g/mol. The quantitative estimate of drug-likeness (QED) is 0.894. The van der Waals surface area contributed by atoms with Crippen molar-refractivity contribution >= 4 is 16.7 Å². The van der Waals surface area contributed by atoms with Crippen LogP contribution in [-0.2, 0) is 4.79 Å². The summed E-state index contributed by atoms with van der Waals surface area (Å²) in [7, 11) is 0. The van der Waals surface area contributed by atoms with Crippen LogP contribution in [0.5, 0.6) is 0 Å². The third kappa shape index (κ3) is 2.50. The Balaban J connectivity index is 2.53. The van der Waals surface area contributed by atoms with Crippen LogP contribution in [0.15, 0.2) is 36.5 Å². The van der Waals surface area contributed by atoms with Gasteiger partial charge in [0.2, 0.25) is 0 Å². The molecule has 0 aliphatic heterocycles. The van der Waals surface area contributed by atoms with E-state index in [1.165, 1.54) is 0 Å². The standard InChI is InChI=1S/C15H17NO2/c1-10(2)9-13(15(17)18)14-12-6-4-3-5-11(12)7-8-16-14/h3-8,10,13H,9H2,1-2H3,(H,17,18). The molecule has 0 radical (unpaired) electrons. The average Bonchev–Trinajstić information content (AvgIpc) is 2.35. The lowest BCUT2D eigenvalue weighted by atomic mass is 9.91. The summed E-state index contributed by atoms with van der Waals surface area (Å²) in [6.07, 6.45) is 2.30. The highest BCUT2D eigenvalue weighted by atomic mass is 16.4. The molecule has 0 aliphatic rings. The molecule has 0 spiro atoms. The molecule has 1 aromatic carbocycles. The second kappa shape index (κ2) is 5.17. The van der Waals surface area contributed by atoms with Gasteiger partial charge in [-0.25, -0.2) is 0 Å². The van der Waals surface area contributed by atoms with Crippen molar-refractivity contribution in [1.82, 2.24) is 4.98 Å². The fraction of sp³-hybridized carbons (Fsp3) is 0.333. The average molecular weight is 243 g/mol. The van der Waals surface area contributed by atoms with Crippen molar-refractivity contribution in [3.63, 3.8) is 0 Å². The van der Waals surface area contributed by atoms with Gasteiger partial charge in [0, 0.05) is 11.6 Å². The van der Waals surface area contributed by atoms with Crippen LogP contribution in [0.1, 0.15) is 31.9 Å². The topological polar surface area (TPSA) is 50.2 Å². The van der Waals surface area contributed by atoms with E-state index in [4.69, 9.17) is 0 Å². The molecule has 3 nitrogen and oxygen atoms in total. The Morgan fingerprint density at radius 1 is 1.28 bits per heavy atom. The number of carboxylic acid groups (broad SMARTS) is 1. The highest BCUT2D eigenvalue weighted by Crippen LogP contribution is 2.28.